The number of guanidine groups is 1. The van der Waals surface area contributed by atoms with E-state index in [4.69, 9.17) is 9.47 Å². The summed E-state index contributed by atoms with van der Waals surface area (Å²) >= 11 is 0. The number of aryl methyl sites for hydroxylation is 1. The zero-order chi connectivity index (χ0) is 18.1. The fourth-order valence-electron chi connectivity index (χ4n) is 2.99. The molecule has 1 aromatic rings. The SMILES string of the molecule is CN=C(NCC(C)Oc1ccccc1C)NCC1(CCO)CCOC1. The number of ether oxygens (including phenoxy) is 2. The molecule has 1 saturated heterocycles. The van der Waals surface area contributed by atoms with Gasteiger partial charge >= 0.3 is 0 Å². The Hall–Kier alpha value is -1.79. The molecule has 1 aromatic carbocycles. The number of rotatable bonds is 8. The minimum Gasteiger partial charge on any atom is -0.489 e. The molecule has 0 aliphatic carbocycles. The maximum absolute atomic E-state index is 9.31. The van der Waals surface area contributed by atoms with Crippen molar-refractivity contribution in [1.29, 1.82) is 0 Å². The van der Waals surface area contributed by atoms with Crippen LogP contribution in [0.4, 0.5) is 0 Å². The molecule has 1 heterocycles. The second-order valence-electron chi connectivity index (χ2n) is 6.78. The Balaban J connectivity index is 1.79. The van der Waals surface area contributed by atoms with Gasteiger partial charge in [-0.05, 0) is 38.3 Å². The van der Waals surface area contributed by atoms with E-state index >= 15 is 0 Å². The highest BCUT2D eigenvalue weighted by atomic mass is 16.5. The number of nitrogens with zero attached hydrogens (tertiary/aromatic N) is 1. The average molecular weight is 349 g/mol. The van der Waals surface area contributed by atoms with Gasteiger partial charge in [0.1, 0.15) is 11.9 Å². The summed E-state index contributed by atoms with van der Waals surface area (Å²) in [4.78, 5) is 4.27. The van der Waals surface area contributed by atoms with Gasteiger partial charge in [0.2, 0.25) is 0 Å². The largest absolute Gasteiger partial charge is 0.489 e. The molecule has 0 aromatic heterocycles. The lowest BCUT2D eigenvalue weighted by molar-refractivity contribution is 0.127. The van der Waals surface area contributed by atoms with E-state index in [2.05, 4.69) is 15.6 Å². The smallest absolute Gasteiger partial charge is 0.191 e. The Morgan fingerprint density at radius 2 is 2.20 bits per heavy atom. The number of aliphatic hydroxyl groups excluding tert-OH is 1. The topological polar surface area (TPSA) is 75.1 Å². The molecule has 0 radical (unpaired) electrons. The Morgan fingerprint density at radius 1 is 1.40 bits per heavy atom. The Labute approximate surface area is 150 Å². The Bertz CT molecular complexity index is 557. The molecular formula is C19H31N3O3. The first-order valence-corrected chi connectivity index (χ1v) is 8.94. The maximum atomic E-state index is 9.31. The van der Waals surface area contributed by atoms with E-state index < -0.39 is 0 Å². The van der Waals surface area contributed by atoms with Crippen molar-refractivity contribution >= 4 is 5.96 Å². The second kappa shape index (κ2) is 9.63. The van der Waals surface area contributed by atoms with Crippen LogP contribution in [0.25, 0.3) is 0 Å². The van der Waals surface area contributed by atoms with Gasteiger partial charge in [-0.3, -0.25) is 4.99 Å². The number of nitrogens with one attached hydrogen (secondary N) is 2. The van der Waals surface area contributed by atoms with Crippen molar-refractivity contribution in [2.24, 2.45) is 10.4 Å². The van der Waals surface area contributed by atoms with E-state index in [1.54, 1.807) is 7.05 Å². The minimum absolute atomic E-state index is 0.00433. The van der Waals surface area contributed by atoms with Crippen LogP contribution >= 0.6 is 0 Å². The summed E-state index contributed by atoms with van der Waals surface area (Å²) < 4.78 is 11.5. The van der Waals surface area contributed by atoms with Gasteiger partial charge in [-0.15, -0.1) is 0 Å². The minimum atomic E-state index is -0.00433. The lowest BCUT2D eigenvalue weighted by Crippen LogP contribution is -2.46. The Kier molecular flexibility index (Phi) is 7.52. The average Bonchev–Trinajstić information content (AvgIpc) is 3.06. The summed E-state index contributed by atoms with van der Waals surface area (Å²) in [5.74, 6) is 1.65. The fraction of sp³-hybridized carbons (Fsp3) is 0.632. The van der Waals surface area contributed by atoms with Crippen molar-refractivity contribution in [2.75, 3.05) is 40.0 Å². The van der Waals surface area contributed by atoms with Crippen molar-refractivity contribution in [3.05, 3.63) is 29.8 Å². The summed E-state index contributed by atoms with van der Waals surface area (Å²) in [5, 5.41) is 16.0. The zero-order valence-electron chi connectivity index (χ0n) is 15.5. The van der Waals surface area contributed by atoms with Gasteiger partial charge in [0.15, 0.2) is 5.96 Å². The van der Waals surface area contributed by atoms with Crippen LogP contribution in [0.5, 0.6) is 5.75 Å². The highest BCUT2D eigenvalue weighted by molar-refractivity contribution is 5.79. The van der Waals surface area contributed by atoms with Crippen LogP contribution in [-0.4, -0.2) is 57.1 Å². The molecule has 140 valence electrons. The lowest BCUT2D eigenvalue weighted by atomic mass is 9.84. The van der Waals surface area contributed by atoms with E-state index in [0.717, 1.165) is 43.3 Å². The standard InChI is InChI=1S/C19H31N3O3/c1-15-6-4-5-7-17(15)25-16(2)12-21-18(20-3)22-13-19(8-10-23)9-11-24-14-19/h4-7,16,23H,8-14H2,1-3H3,(H2,20,21,22). The van der Waals surface area contributed by atoms with Crippen molar-refractivity contribution in [1.82, 2.24) is 10.6 Å². The van der Waals surface area contributed by atoms with Gasteiger partial charge in [0, 0.05) is 32.2 Å². The van der Waals surface area contributed by atoms with Crippen LogP contribution in [-0.2, 0) is 4.74 Å². The number of benzene rings is 1. The van der Waals surface area contributed by atoms with Crippen LogP contribution in [0.3, 0.4) is 0 Å². The monoisotopic (exact) mass is 349 g/mol. The first-order chi connectivity index (χ1) is 12.1. The molecule has 2 atom stereocenters. The van der Waals surface area contributed by atoms with Crippen LogP contribution in [0.15, 0.2) is 29.3 Å². The van der Waals surface area contributed by atoms with Crippen molar-refractivity contribution < 1.29 is 14.6 Å². The summed E-state index contributed by atoms with van der Waals surface area (Å²) in [7, 11) is 1.76. The van der Waals surface area contributed by atoms with Crippen LogP contribution < -0.4 is 15.4 Å². The van der Waals surface area contributed by atoms with E-state index in [1.807, 2.05) is 38.1 Å². The molecule has 25 heavy (non-hydrogen) atoms. The van der Waals surface area contributed by atoms with E-state index in [9.17, 15) is 5.11 Å². The predicted molar refractivity (Wildman–Crippen MR) is 100 cm³/mol. The summed E-state index contributed by atoms with van der Waals surface area (Å²) in [6.45, 7) is 7.08. The summed E-state index contributed by atoms with van der Waals surface area (Å²) in [6.07, 6.45) is 1.72. The molecule has 0 spiro atoms. The molecule has 1 aliphatic rings. The number of aliphatic imine (C=N–C) groups is 1. The predicted octanol–water partition coefficient (Wildman–Crippen LogP) is 1.72. The number of hydrogen-bond acceptors (Lipinski definition) is 4. The van der Waals surface area contributed by atoms with E-state index in [1.165, 1.54) is 0 Å². The fourth-order valence-corrected chi connectivity index (χ4v) is 2.99. The quantitative estimate of drug-likeness (QED) is 0.492. The van der Waals surface area contributed by atoms with Gasteiger partial charge in [-0.25, -0.2) is 0 Å². The molecule has 3 N–H and O–H groups in total. The van der Waals surface area contributed by atoms with Gasteiger partial charge < -0.3 is 25.2 Å². The van der Waals surface area contributed by atoms with Gasteiger partial charge in [0.05, 0.1) is 13.2 Å². The summed E-state index contributed by atoms with van der Waals surface area (Å²) in [6, 6.07) is 8.01. The molecule has 1 fully saturated rings. The molecule has 2 unspecified atom stereocenters. The van der Waals surface area contributed by atoms with Gasteiger partial charge in [-0.2, -0.15) is 0 Å². The summed E-state index contributed by atoms with van der Waals surface area (Å²) in [5.41, 5.74) is 1.12. The second-order valence-corrected chi connectivity index (χ2v) is 6.78. The highest BCUT2D eigenvalue weighted by Gasteiger charge is 2.34. The van der Waals surface area contributed by atoms with Crippen molar-refractivity contribution in [3.8, 4) is 5.75 Å². The lowest BCUT2D eigenvalue weighted by Gasteiger charge is -2.28. The molecule has 0 amide bonds. The van der Waals surface area contributed by atoms with Crippen LogP contribution in [0.2, 0.25) is 0 Å². The number of aliphatic hydroxyl groups is 1. The van der Waals surface area contributed by atoms with Crippen molar-refractivity contribution in [3.63, 3.8) is 0 Å². The molecular weight excluding hydrogens is 318 g/mol. The Morgan fingerprint density at radius 3 is 2.84 bits per heavy atom. The molecule has 0 bridgehead atoms. The van der Waals surface area contributed by atoms with E-state index in [0.29, 0.717) is 13.2 Å². The van der Waals surface area contributed by atoms with E-state index in [-0.39, 0.29) is 18.1 Å². The number of hydrogen-bond donors (Lipinski definition) is 3. The third-order valence-electron chi connectivity index (χ3n) is 4.66. The zero-order valence-corrected chi connectivity index (χ0v) is 15.5. The van der Waals surface area contributed by atoms with Crippen LogP contribution in [0, 0.1) is 12.3 Å². The third kappa shape index (κ3) is 5.90. The molecule has 6 nitrogen and oxygen atoms in total. The van der Waals surface area contributed by atoms with Crippen molar-refractivity contribution in [2.45, 2.75) is 32.8 Å². The molecule has 2 rings (SSSR count). The molecule has 1 aliphatic heterocycles. The molecule has 6 heteroatoms. The van der Waals surface area contributed by atoms with Gasteiger partial charge in [-0.1, -0.05) is 18.2 Å². The third-order valence-corrected chi connectivity index (χ3v) is 4.66. The van der Waals surface area contributed by atoms with Crippen LogP contribution in [0.1, 0.15) is 25.3 Å². The normalized spacial score (nSPS) is 21.8. The molecule has 0 saturated carbocycles. The maximum Gasteiger partial charge on any atom is 0.191 e. The number of para-hydroxylation sites is 1. The van der Waals surface area contributed by atoms with Gasteiger partial charge in [0.25, 0.3) is 0 Å². The first kappa shape index (κ1) is 19.5. The first-order valence-electron chi connectivity index (χ1n) is 8.94. The highest BCUT2D eigenvalue weighted by Crippen LogP contribution is 2.31.